The molecule has 1 fully saturated rings. The summed E-state index contributed by atoms with van der Waals surface area (Å²) in [6.45, 7) is 0.875. The molecule has 3 aromatic carbocycles. The molecule has 2 heterocycles. The van der Waals surface area contributed by atoms with Gasteiger partial charge in [0.2, 0.25) is 0 Å². The summed E-state index contributed by atoms with van der Waals surface area (Å²) in [6.07, 6.45) is 1.08. The number of halogens is 3. The third-order valence-electron chi connectivity index (χ3n) is 7.78. The molecule has 13 heteroatoms. The molecule has 1 amide bonds. The highest BCUT2D eigenvalue weighted by Crippen LogP contribution is 2.42. The number of carbonyl (C=O) groups is 1. The summed E-state index contributed by atoms with van der Waals surface area (Å²) in [4.78, 5) is 37.6. The number of hydrogen-bond donors (Lipinski definition) is 3. The van der Waals surface area contributed by atoms with Crippen molar-refractivity contribution in [1.82, 2.24) is 14.5 Å². The fraction of sp³-hybridized carbons (Fsp3) is 0.281. The van der Waals surface area contributed by atoms with Gasteiger partial charge in [-0.2, -0.15) is 0 Å². The highest BCUT2D eigenvalue weighted by Gasteiger charge is 2.25. The number of nitrogens with one attached hydrogen (secondary N) is 2. The van der Waals surface area contributed by atoms with Gasteiger partial charge in [-0.1, -0.05) is 53.5 Å². The number of benzene rings is 3. The van der Waals surface area contributed by atoms with Crippen molar-refractivity contribution < 1.29 is 23.8 Å². The molecule has 1 aliphatic heterocycles. The second-order valence-corrected chi connectivity index (χ2v) is 11.4. The van der Waals surface area contributed by atoms with Crippen LogP contribution in [0.3, 0.4) is 0 Å². The van der Waals surface area contributed by atoms with Crippen LogP contribution in [0.4, 0.5) is 10.1 Å². The van der Waals surface area contributed by atoms with Gasteiger partial charge in [0.25, 0.3) is 11.5 Å². The quantitative estimate of drug-likeness (QED) is 0.257. The summed E-state index contributed by atoms with van der Waals surface area (Å²) in [7, 11) is 4.17. The third kappa shape index (κ3) is 6.54. The third-order valence-corrected chi connectivity index (χ3v) is 8.59. The molecule has 0 radical (unpaired) electrons. The van der Waals surface area contributed by atoms with Crippen molar-refractivity contribution in [3.8, 4) is 28.0 Å². The van der Waals surface area contributed by atoms with Gasteiger partial charge in [-0.05, 0) is 30.2 Å². The molecule has 0 saturated carbocycles. The van der Waals surface area contributed by atoms with E-state index < -0.39 is 29.1 Å². The Bertz CT molecular complexity index is 1890. The monoisotopic (exact) mass is 656 g/mol. The normalized spacial score (nSPS) is 16.4. The molecule has 0 aliphatic carbocycles. The van der Waals surface area contributed by atoms with Crippen molar-refractivity contribution in [1.29, 1.82) is 0 Å². The van der Waals surface area contributed by atoms with Crippen LogP contribution in [0.5, 0.6) is 5.75 Å². The molecule has 1 aromatic heterocycles. The van der Waals surface area contributed by atoms with Gasteiger partial charge in [-0.25, -0.2) is 9.18 Å². The van der Waals surface area contributed by atoms with Crippen LogP contribution in [-0.2, 0) is 25.4 Å². The van der Waals surface area contributed by atoms with E-state index in [-0.39, 0.29) is 40.5 Å². The van der Waals surface area contributed by atoms with E-state index in [4.69, 9.17) is 32.7 Å². The first-order valence-electron chi connectivity index (χ1n) is 14.0. The maximum Gasteiger partial charge on any atom is 0.330 e. The standard InChI is InChI=1S/C32H31Cl2FN4O6/c1-38-15-22(31(42)39(2)32(38)43)30(41)37-25-9-5-8-20(29(25)34)19-7-4-6-18(28(19)33)17-12-23(35)21(27(13-17)44-3)14-36-24-10-11-45-16-26(24)40/h4-9,12-13,15,24,26,36,40H,10-11,14,16H2,1-3H3,(H,37,41)/t24-,26-/m0/s1. The minimum absolute atomic E-state index is 0.143. The number of methoxy groups -OCH3 is 1. The van der Waals surface area contributed by atoms with Gasteiger partial charge in [-0.15, -0.1) is 0 Å². The molecule has 2 atom stereocenters. The molecule has 0 spiro atoms. The van der Waals surface area contributed by atoms with E-state index in [2.05, 4.69) is 10.6 Å². The molecule has 45 heavy (non-hydrogen) atoms. The fourth-order valence-electron chi connectivity index (χ4n) is 5.27. The Morgan fingerprint density at radius 2 is 1.78 bits per heavy atom. The van der Waals surface area contributed by atoms with Gasteiger partial charge in [0.1, 0.15) is 17.1 Å². The molecular formula is C32H31Cl2FN4O6. The van der Waals surface area contributed by atoms with Crippen LogP contribution < -0.4 is 26.6 Å². The van der Waals surface area contributed by atoms with Gasteiger partial charge < -0.3 is 29.8 Å². The molecule has 4 aromatic rings. The second-order valence-electron chi connectivity index (χ2n) is 10.6. The number of hydrogen-bond acceptors (Lipinski definition) is 7. The lowest BCUT2D eigenvalue weighted by atomic mass is 9.97. The van der Waals surface area contributed by atoms with Crippen LogP contribution in [0.2, 0.25) is 10.0 Å². The van der Waals surface area contributed by atoms with E-state index in [1.165, 1.54) is 33.5 Å². The Morgan fingerprint density at radius 3 is 2.49 bits per heavy atom. The summed E-state index contributed by atoms with van der Waals surface area (Å²) in [5.74, 6) is -0.937. The summed E-state index contributed by atoms with van der Waals surface area (Å²) < 4.78 is 28.3. The second kappa shape index (κ2) is 13.6. The van der Waals surface area contributed by atoms with Gasteiger partial charge in [0.05, 0.1) is 35.6 Å². The maximum atomic E-state index is 15.5. The zero-order valence-electron chi connectivity index (χ0n) is 24.7. The van der Waals surface area contributed by atoms with Crippen molar-refractivity contribution >= 4 is 34.8 Å². The molecular weight excluding hydrogens is 626 g/mol. The number of aryl methyl sites for hydroxylation is 1. The largest absolute Gasteiger partial charge is 0.496 e. The Balaban J connectivity index is 1.45. The first kappa shape index (κ1) is 32.4. The van der Waals surface area contributed by atoms with Crippen LogP contribution >= 0.6 is 23.2 Å². The average Bonchev–Trinajstić information content (AvgIpc) is 3.02. The summed E-state index contributed by atoms with van der Waals surface area (Å²) in [6, 6.07) is 13.0. The first-order valence-corrected chi connectivity index (χ1v) is 14.8. The van der Waals surface area contributed by atoms with Crippen LogP contribution in [0, 0.1) is 5.82 Å². The number of rotatable bonds is 8. The number of ether oxygens (including phenoxy) is 2. The lowest BCUT2D eigenvalue weighted by Crippen LogP contribution is -2.46. The Labute approximate surface area is 267 Å². The number of amides is 1. The van der Waals surface area contributed by atoms with Gasteiger partial charge >= 0.3 is 5.69 Å². The molecule has 10 nitrogen and oxygen atoms in total. The van der Waals surface area contributed by atoms with E-state index >= 15 is 4.39 Å². The number of carbonyl (C=O) groups excluding carboxylic acids is 1. The molecule has 0 bridgehead atoms. The lowest BCUT2D eigenvalue weighted by Gasteiger charge is -2.29. The van der Waals surface area contributed by atoms with Gasteiger partial charge in [0.15, 0.2) is 0 Å². The number of aromatic nitrogens is 2. The molecule has 1 aliphatic rings. The summed E-state index contributed by atoms with van der Waals surface area (Å²) in [5.41, 5.74) is 0.975. The van der Waals surface area contributed by atoms with E-state index in [9.17, 15) is 19.5 Å². The van der Waals surface area contributed by atoms with Gasteiger partial charge in [-0.3, -0.25) is 14.2 Å². The SMILES string of the molecule is COc1cc(-c2cccc(-c3cccc(NC(=O)c4cn(C)c(=O)n(C)c4=O)c3Cl)c2Cl)cc(F)c1CN[C@H]1CCOC[C@@H]1O. The van der Waals surface area contributed by atoms with E-state index in [0.717, 1.165) is 9.13 Å². The molecule has 236 valence electrons. The van der Waals surface area contributed by atoms with E-state index in [0.29, 0.717) is 46.6 Å². The minimum atomic E-state index is -0.746. The molecule has 3 N–H and O–H groups in total. The minimum Gasteiger partial charge on any atom is -0.496 e. The summed E-state index contributed by atoms with van der Waals surface area (Å²) >= 11 is 13.7. The zero-order chi connectivity index (χ0) is 32.4. The first-order chi connectivity index (χ1) is 21.5. The van der Waals surface area contributed by atoms with E-state index in [1.54, 1.807) is 42.5 Å². The Hall–Kier alpha value is -4.00. The van der Waals surface area contributed by atoms with Crippen LogP contribution in [0.1, 0.15) is 22.3 Å². The number of aliphatic hydroxyl groups excluding tert-OH is 1. The average molecular weight is 658 g/mol. The number of anilines is 1. The van der Waals surface area contributed by atoms with Crippen LogP contribution in [0.25, 0.3) is 22.3 Å². The Kier molecular flexibility index (Phi) is 9.76. The predicted octanol–water partition coefficient (Wildman–Crippen LogP) is 4.36. The zero-order valence-corrected chi connectivity index (χ0v) is 26.2. The molecule has 5 rings (SSSR count). The molecule has 0 unspecified atom stereocenters. The van der Waals surface area contributed by atoms with Gasteiger partial charge in [0, 0.05) is 61.7 Å². The smallest absolute Gasteiger partial charge is 0.330 e. The lowest BCUT2D eigenvalue weighted by molar-refractivity contribution is -0.0281. The number of nitrogens with zero attached hydrogens (tertiary/aromatic N) is 2. The summed E-state index contributed by atoms with van der Waals surface area (Å²) in [5, 5.41) is 16.5. The van der Waals surface area contributed by atoms with Crippen LogP contribution in [-0.4, -0.2) is 52.6 Å². The highest BCUT2D eigenvalue weighted by molar-refractivity contribution is 6.39. The topological polar surface area (TPSA) is 124 Å². The Morgan fingerprint density at radius 1 is 1.09 bits per heavy atom. The fourth-order valence-corrected chi connectivity index (χ4v) is 5.88. The van der Waals surface area contributed by atoms with Crippen LogP contribution in [0.15, 0.2) is 64.3 Å². The number of aliphatic hydroxyl groups is 1. The van der Waals surface area contributed by atoms with Crippen molar-refractivity contribution in [3.05, 3.63) is 103 Å². The van der Waals surface area contributed by atoms with Crippen molar-refractivity contribution in [2.45, 2.75) is 25.1 Å². The van der Waals surface area contributed by atoms with Crippen molar-refractivity contribution in [2.75, 3.05) is 25.6 Å². The van der Waals surface area contributed by atoms with Crippen molar-refractivity contribution in [2.24, 2.45) is 14.1 Å². The predicted molar refractivity (Wildman–Crippen MR) is 171 cm³/mol. The van der Waals surface area contributed by atoms with Crippen molar-refractivity contribution in [3.63, 3.8) is 0 Å². The molecule has 1 saturated heterocycles. The van der Waals surface area contributed by atoms with E-state index in [1.807, 2.05) is 0 Å². The maximum absolute atomic E-state index is 15.5. The highest BCUT2D eigenvalue weighted by atomic mass is 35.5.